The molecule has 0 bridgehead atoms. The first-order valence-electron chi connectivity index (χ1n) is 11.9. The smallest absolute Gasteiger partial charge is 0.228 e. The van der Waals surface area contributed by atoms with Crippen molar-refractivity contribution in [2.45, 2.75) is 52.1 Å². The Kier molecular flexibility index (Phi) is 7.11. The van der Waals surface area contributed by atoms with E-state index in [1.54, 1.807) is 0 Å². The Balaban J connectivity index is 1.57. The Labute approximate surface area is 196 Å². The van der Waals surface area contributed by atoms with Gasteiger partial charge in [0.05, 0.1) is 12.0 Å². The summed E-state index contributed by atoms with van der Waals surface area (Å²) in [4.78, 5) is 41.8. The van der Waals surface area contributed by atoms with Crippen LogP contribution in [0.15, 0.2) is 54.6 Å². The second-order valence-electron chi connectivity index (χ2n) is 9.33. The largest absolute Gasteiger partial charge is 0.342 e. The van der Waals surface area contributed by atoms with Crippen LogP contribution in [0.3, 0.4) is 0 Å². The van der Waals surface area contributed by atoms with Crippen LogP contribution < -0.4 is 5.32 Å². The summed E-state index contributed by atoms with van der Waals surface area (Å²) >= 11 is 0. The zero-order valence-corrected chi connectivity index (χ0v) is 19.5. The highest BCUT2D eigenvalue weighted by molar-refractivity contribution is 5.88. The molecule has 0 radical (unpaired) electrons. The van der Waals surface area contributed by atoms with Crippen molar-refractivity contribution in [1.29, 1.82) is 0 Å². The first-order chi connectivity index (χ1) is 15.9. The van der Waals surface area contributed by atoms with Gasteiger partial charge < -0.3 is 15.1 Å². The second kappa shape index (κ2) is 10.2. The molecule has 6 heteroatoms. The van der Waals surface area contributed by atoms with Gasteiger partial charge in [-0.3, -0.25) is 14.4 Å². The number of rotatable bonds is 7. The van der Waals surface area contributed by atoms with Crippen molar-refractivity contribution in [3.05, 3.63) is 65.7 Å². The maximum absolute atomic E-state index is 13.9. The Morgan fingerprint density at radius 3 is 2.48 bits per heavy atom. The number of likely N-dealkylation sites (tertiary alicyclic amines) is 1. The maximum atomic E-state index is 13.9. The van der Waals surface area contributed by atoms with Crippen LogP contribution >= 0.6 is 0 Å². The molecule has 6 nitrogen and oxygen atoms in total. The molecule has 33 heavy (non-hydrogen) atoms. The van der Waals surface area contributed by atoms with Gasteiger partial charge in [0, 0.05) is 38.2 Å². The van der Waals surface area contributed by atoms with Gasteiger partial charge in [-0.2, -0.15) is 0 Å². The average Bonchev–Trinajstić information content (AvgIpc) is 3.67. The van der Waals surface area contributed by atoms with Crippen LogP contribution in [-0.2, 0) is 20.9 Å². The molecule has 1 saturated carbocycles. The molecule has 174 valence electrons. The summed E-state index contributed by atoms with van der Waals surface area (Å²) in [5, 5.41) is 2.83. The molecular weight excluding hydrogens is 414 g/mol. The van der Waals surface area contributed by atoms with Gasteiger partial charge in [-0.05, 0) is 55.9 Å². The predicted octanol–water partition coefficient (Wildman–Crippen LogP) is 4.38. The minimum Gasteiger partial charge on any atom is -0.342 e. The molecule has 2 unspecified atom stereocenters. The van der Waals surface area contributed by atoms with Crippen molar-refractivity contribution in [3.63, 3.8) is 0 Å². The highest BCUT2D eigenvalue weighted by atomic mass is 16.2. The summed E-state index contributed by atoms with van der Waals surface area (Å²) in [6, 6.07) is 17.5. The molecule has 0 aromatic heterocycles. The zero-order valence-electron chi connectivity index (χ0n) is 19.5. The van der Waals surface area contributed by atoms with E-state index < -0.39 is 0 Å². The van der Waals surface area contributed by atoms with E-state index in [1.165, 1.54) is 6.92 Å². The topological polar surface area (TPSA) is 69.7 Å². The number of carbonyl (C=O) groups excluding carboxylic acids is 3. The minimum atomic E-state index is -0.189. The van der Waals surface area contributed by atoms with Crippen molar-refractivity contribution in [3.8, 4) is 0 Å². The fourth-order valence-corrected chi connectivity index (χ4v) is 4.65. The minimum absolute atomic E-state index is 0.0876. The van der Waals surface area contributed by atoms with Crippen LogP contribution in [0.4, 0.5) is 5.69 Å². The lowest BCUT2D eigenvalue weighted by Crippen LogP contribution is -2.47. The van der Waals surface area contributed by atoms with Gasteiger partial charge >= 0.3 is 0 Å². The summed E-state index contributed by atoms with van der Waals surface area (Å²) in [6.07, 6.45) is 3.63. The average molecular weight is 448 g/mol. The molecule has 1 N–H and O–H groups in total. The molecule has 2 fully saturated rings. The Morgan fingerprint density at radius 1 is 1.03 bits per heavy atom. The normalized spacial score (nSPS) is 19.0. The number of hydrogen-bond acceptors (Lipinski definition) is 3. The molecule has 0 spiro atoms. The number of carbonyl (C=O) groups is 3. The van der Waals surface area contributed by atoms with E-state index in [0.29, 0.717) is 13.1 Å². The third-order valence-corrected chi connectivity index (χ3v) is 6.64. The number of anilines is 1. The van der Waals surface area contributed by atoms with Gasteiger partial charge in [0.25, 0.3) is 0 Å². The van der Waals surface area contributed by atoms with Gasteiger partial charge in [0.2, 0.25) is 17.7 Å². The van der Waals surface area contributed by atoms with Gasteiger partial charge in [-0.15, -0.1) is 0 Å². The van der Waals surface area contributed by atoms with Crippen LogP contribution in [0.5, 0.6) is 0 Å². The van der Waals surface area contributed by atoms with Gasteiger partial charge in [0.1, 0.15) is 0 Å². The van der Waals surface area contributed by atoms with Crippen molar-refractivity contribution >= 4 is 23.4 Å². The Hall–Kier alpha value is -3.15. The quantitative estimate of drug-likeness (QED) is 0.685. The molecule has 2 aliphatic rings. The van der Waals surface area contributed by atoms with Crippen molar-refractivity contribution in [2.75, 3.05) is 18.4 Å². The van der Waals surface area contributed by atoms with Gasteiger partial charge in [0.15, 0.2) is 0 Å². The van der Waals surface area contributed by atoms with Crippen LogP contribution in [0.1, 0.15) is 56.7 Å². The van der Waals surface area contributed by atoms with Crippen LogP contribution in [-0.4, -0.2) is 40.6 Å². The monoisotopic (exact) mass is 447 g/mol. The molecule has 2 aromatic carbocycles. The molecule has 2 atom stereocenters. The van der Waals surface area contributed by atoms with Crippen LogP contribution in [0.25, 0.3) is 0 Å². The van der Waals surface area contributed by atoms with Crippen molar-refractivity contribution in [2.24, 2.45) is 11.8 Å². The molecule has 1 aliphatic heterocycles. The lowest BCUT2D eigenvalue weighted by atomic mass is 9.94. The SMILES string of the molecule is CC(=O)Nc1cccc(C(C)N(Cc2ccccc2)C(=O)C2CCCN(C(=O)C3CC3)C2)c1. The highest BCUT2D eigenvalue weighted by Crippen LogP contribution is 2.34. The van der Waals surface area contributed by atoms with Gasteiger partial charge in [-0.25, -0.2) is 0 Å². The van der Waals surface area contributed by atoms with E-state index >= 15 is 0 Å². The third-order valence-electron chi connectivity index (χ3n) is 6.64. The number of amides is 3. The highest BCUT2D eigenvalue weighted by Gasteiger charge is 2.38. The van der Waals surface area contributed by atoms with E-state index in [1.807, 2.05) is 71.3 Å². The fraction of sp³-hybridized carbons (Fsp3) is 0.444. The van der Waals surface area contributed by atoms with E-state index in [-0.39, 0.29) is 35.6 Å². The third kappa shape index (κ3) is 5.81. The fourth-order valence-electron chi connectivity index (χ4n) is 4.65. The number of piperidine rings is 1. The zero-order chi connectivity index (χ0) is 23.4. The Bertz CT molecular complexity index is 1000. The lowest BCUT2D eigenvalue weighted by molar-refractivity contribution is -0.143. The summed E-state index contributed by atoms with van der Waals surface area (Å²) < 4.78 is 0. The van der Waals surface area contributed by atoms with E-state index in [4.69, 9.17) is 0 Å². The van der Waals surface area contributed by atoms with E-state index in [2.05, 4.69) is 5.32 Å². The summed E-state index contributed by atoms with van der Waals surface area (Å²) in [6.45, 7) is 5.28. The van der Waals surface area contributed by atoms with Crippen molar-refractivity contribution in [1.82, 2.24) is 9.80 Å². The molecule has 1 saturated heterocycles. The molecule has 1 heterocycles. The first kappa shape index (κ1) is 23.0. The molecule has 3 amide bonds. The van der Waals surface area contributed by atoms with Crippen LogP contribution in [0, 0.1) is 11.8 Å². The van der Waals surface area contributed by atoms with E-state index in [0.717, 1.165) is 49.0 Å². The van der Waals surface area contributed by atoms with Crippen LogP contribution in [0.2, 0.25) is 0 Å². The molecule has 4 rings (SSSR count). The molecule has 2 aromatic rings. The second-order valence-corrected chi connectivity index (χ2v) is 9.33. The summed E-state index contributed by atoms with van der Waals surface area (Å²) in [7, 11) is 0. The molecule has 1 aliphatic carbocycles. The summed E-state index contributed by atoms with van der Waals surface area (Å²) in [5.74, 6) is 0.170. The molecular formula is C27H33N3O3. The number of benzene rings is 2. The predicted molar refractivity (Wildman–Crippen MR) is 128 cm³/mol. The first-order valence-corrected chi connectivity index (χ1v) is 11.9. The number of nitrogens with one attached hydrogen (secondary N) is 1. The lowest BCUT2D eigenvalue weighted by Gasteiger charge is -2.37. The number of nitrogens with zero attached hydrogens (tertiary/aromatic N) is 2. The maximum Gasteiger partial charge on any atom is 0.228 e. The van der Waals surface area contributed by atoms with E-state index in [9.17, 15) is 14.4 Å². The van der Waals surface area contributed by atoms with Gasteiger partial charge in [-0.1, -0.05) is 42.5 Å². The number of hydrogen-bond donors (Lipinski definition) is 1. The Morgan fingerprint density at radius 2 is 1.79 bits per heavy atom. The van der Waals surface area contributed by atoms with Crippen molar-refractivity contribution < 1.29 is 14.4 Å². The standard InChI is InChI=1S/C27H33N3O3/c1-19(23-10-6-12-25(16-23)28-20(2)31)30(17-21-8-4-3-5-9-21)27(33)24-11-7-15-29(18-24)26(32)22-13-14-22/h3-6,8-10,12,16,19,22,24H,7,11,13-15,17-18H2,1-2H3,(H,28,31). The summed E-state index contributed by atoms with van der Waals surface area (Å²) in [5.41, 5.74) is 2.75.